The number of benzene rings is 1. The van der Waals surface area contributed by atoms with Crippen molar-refractivity contribution in [3.8, 4) is 0 Å². The van der Waals surface area contributed by atoms with Crippen LogP contribution in [0.2, 0.25) is 5.02 Å². The molecule has 1 saturated carbocycles. The van der Waals surface area contributed by atoms with Crippen molar-refractivity contribution < 1.29 is 9.63 Å². The molecule has 6 heteroatoms. The average molecular weight is 374 g/mol. The van der Waals surface area contributed by atoms with Crippen molar-refractivity contribution in [3.05, 3.63) is 52.7 Å². The number of anilines is 2. The van der Waals surface area contributed by atoms with Gasteiger partial charge in [-0.3, -0.25) is 0 Å². The van der Waals surface area contributed by atoms with E-state index < -0.39 is 5.97 Å². The molecule has 1 heterocycles. The van der Waals surface area contributed by atoms with Gasteiger partial charge in [-0.05, 0) is 54.2 Å². The Balaban J connectivity index is 1.95. The lowest BCUT2D eigenvalue weighted by Gasteiger charge is -2.23. The van der Waals surface area contributed by atoms with E-state index in [0.717, 1.165) is 6.54 Å². The molecule has 1 aromatic heterocycles. The fourth-order valence-corrected chi connectivity index (χ4v) is 2.98. The maximum atomic E-state index is 11.6. The number of nitrogens with zero attached hydrogens (tertiary/aromatic N) is 2. The molecule has 0 aliphatic heterocycles. The van der Waals surface area contributed by atoms with Crippen LogP contribution in [0.4, 0.5) is 11.5 Å². The fourth-order valence-electron chi connectivity index (χ4n) is 2.80. The zero-order valence-electron chi connectivity index (χ0n) is 15.3. The quantitative estimate of drug-likeness (QED) is 0.711. The van der Waals surface area contributed by atoms with E-state index in [9.17, 15) is 4.79 Å². The first-order valence-corrected chi connectivity index (χ1v) is 9.28. The molecular weight excluding hydrogens is 350 g/mol. The van der Waals surface area contributed by atoms with Crippen LogP contribution < -0.4 is 10.4 Å². The predicted octanol–water partition coefficient (Wildman–Crippen LogP) is 4.73. The summed E-state index contributed by atoms with van der Waals surface area (Å²) in [5, 5.41) is 5.46. The zero-order chi connectivity index (χ0) is 18.7. The molecule has 1 fully saturated rings. The summed E-state index contributed by atoms with van der Waals surface area (Å²) in [6, 6.07) is 9.61. The number of carbonyl (C=O) groups is 1. The first kappa shape index (κ1) is 18.7. The maximum absolute atomic E-state index is 11.6. The Labute approximate surface area is 159 Å². The number of rotatable bonds is 7. The molecule has 138 valence electrons. The predicted molar refractivity (Wildman–Crippen MR) is 104 cm³/mol. The van der Waals surface area contributed by atoms with Crippen molar-refractivity contribution in [3.63, 3.8) is 0 Å². The van der Waals surface area contributed by atoms with Crippen LogP contribution in [0, 0.1) is 0 Å². The highest BCUT2D eigenvalue weighted by Gasteiger charge is 2.28. The molecule has 1 aromatic carbocycles. The van der Waals surface area contributed by atoms with E-state index in [4.69, 9.17) is 16.4 Å². The molecule has 0 bridgehead atoms. The number of aromatic nitrogens is 1. The first-order valence-electron chi connectivity index (χ1n) is 8.90. The summed E-state index contributed by atoms with van der Waals surface area (Å²) in [6.45, 7) is 6.40. The van der Waals surface area contributed by atoms with Crippen LogP contribution in [0.5, 0.6) is 0 Å². The van der Waals surface area contributed by atoms with Crippen LogP contribution in [-0.4, -0.2) is 17.0 Å². The molecule has 0 unspecified atom stereocenters. The van der Waals surface area contributed by atoms with Gasteiger partial charge in [-0.2, -0.15) is 5.06 Å². The summed E-state index contributed by atoms with van der Waals surface area (Å²) in [6.07, 6.45) is 4.24. The number of pyridine rings is 1. The Bertz CT molecular complexity index is 790. The van der Waals surface area contributed by atoms with Crippen LogP contribution in [0.3, 0.4) is 0 Å². The molecule has 0 spiro atoms. The lowest BCUT2D eigenvalue weighted by atomic mass is 10.1. The largest absolute Gasteiger partial charge is 0.335 e. The van der Waals surface area contributed by atoms with Gasteiger partial charge < -0.3 is 10.2 Å². The molecule has 0 amide bonds. The second kappa shape index (κ2) is 8.06. The SMILES string of the molecule is CC(=O)ON(c1cccc(Cl)c1)c1cc(C2CC2)c(CNC(C)C)cn1. The Morgan fingerprint density at radius 3 is 2.77 bits per heavy atom. The number of nitrogens with one attached hydrogen (secondary N) is 1. The van der Waals surface area contributed by atoms with Gasteiger partial charge in [0.1, 0.15) is 0 Å². The number of hydrogen-bond acceptors (Lipinski definition) is 5. The molecule has 3 rings (SSSR count). The fraction of sp³-hybridized carbons (Fsp3) is 0.400. The minimum atomic E-state index is -0.412. The van der Waals surface area contributed by atoms with Gasteiger partial charge in [0.15, 0.2) is 5.82 Å². The molecule has 0 atom stereocenters. The van der Waals surface area contributed by atoms with Crippen LogP contribution in [0.25, 0.3) is 0 Å². The van der Waals surface area contributed by atoms with E-state index in [1.54, 1.807) is 12.1 Å². The van der Waals surface area contributed by atoms with Gasteiger partial charge in [0, 0.05) is 30.7 Å². The Morgan fingerprint density at radius 1 is 1.38 bits per heavy atom. The second-order valence-electron chi connectivity index (χ2n) is 6.91. The highest BCUT2D eigenvalue weighted by molar-refractivity contribution is 6.30. The maximum Gasteiger partial charge on any atom is 0.329 e. The lowest BCUT2D eigenvalue weighted by molar-refractivity contribution is -0.141. The summed E-state index contributed by atoms with van der Waals surface area (Å²) in [5.74, 6) is 0.724. The molecule has 26 heavy (non-hydrogen) atoms. The highest BCUT2D eigenvalue weighted by atomic mass is 35.5. The summed E-state index contributed by atoms with van der Waals surface area (Å²) < 4.78 is 0. The highest BCUT2D eigenvalue weighted by Crippen LogP contribution is 2.43. The standard InChI is InChI=1S/C20H24ClN3O2/c1-13(2)22-11-16-12-23-20(10-19(16)15-7-8-15)24(26-14(3)25)18-6-4-5-17(21)9-18/h4-6,9-10,12-13,15,22H,7-8,11H2,1-3H3. The van der Waals surface area contributed by atoms with Crippen molar-refractivity contribution in [1.82, 2.24) is 10.3 Å². The molecule has 0 radical (unpaired) electrons. The van der Waals surface area contributed by atoms with Gasteiger partial charge >= 0.3 is 5.97 Å². The molecule has 2 aromatic rings. The van der Waals surface area contributed by atoms with Gasteiger partial charge in [0.05, 0.1) is 5.69 Å². The Kier molecular flexibility index (Phi) is 5.79. The number of hydrogen-bond donors (Lipinski definition) is 1. The molecular formula is C20H24ClN3O2. The van der Waals surface area contributed by atoms with Crippen molar-refractivity contribution >= 4 is 29.1 Å². The van der Waals surface area contributed by atoms with E-state index in [0.29, 0.717) is 28.5 Å². The molecule has 1 aliphatic rings. The third kappa shape index (κ3) is 4.74. The lowest BCUT2D eigenvalue weighted by Crippen LogP contribution is -2.24. The van der Waals surface area contributed by atoms with Crippen LogP contribution in [-0.2, 0) is 16.2 Å². The zero-order valence-corrected chi connectivity index (χ0v) is 16.1. The van der Waals surface area contributed by atoms with E-state index in [-0.39, 0.29) is 0 Å². The van der Waals surface area contributed by atoms with Gasteiger partial charge in [0.25, 0.3) is 0 Å². The molecule has 0 saturated heterocycles. The summed E-state index contributed by atoms with van der Waals surface area (Å²) in [4.78, 5) is 21.6. The van der Waals surface area contributed by atoms with E-state index >= 15 is 0 Å². The topological polar surface area (TPSA) is 54.5 Å². The third-order valence-corrected chi connectivity index (χ3v) is 4.43. The van der Waals surface area contributed by atoms with E-state index in [1.807, 2.05) is 24.4 Å². The monoisotopic (exact) mass is 373 g/mol. The molecule has 1 aliphatic carbocycles. The smallest absolute Gasteiger partial charge is 0.329 e. The average Bonchev–Trinajstić information content (AvgIpc) is 3.42. The third-order valence-electron chi connectivity index (χ3n) is 4.20. The van der Waals surface area contributed by atoms with Crippen molar-refractivity contribution in [2.75, 3.05) is 5.06 Å². The number of carbonyl (C=O) groups excluding carboxylic acids is 1. The van der Waals surface area contributed by atoms with Gasteiger partial charge in [-0.1, -0.05) is 31.5 Å². The number of halogens is 1. The van der Waals surface area contributed by atoms with Crippen molar-refractivity contribution in [2.24, 2.45) is 0 Å². The van der Waals surface area contributed by atoms with Crippen molar-refractivity contribution in [1.29, 1.82) is 0 Å². The summed E-state index contributed by atoms with van der Waals surface area (Å²) in [5.41, 5.74) is 3.12. The Morgan fingerprint density at radius 2 is 2.15 bits per heavy atom. The minimum absolute atomic E-state index is 0.408. The first-order chi connectivity index (χ1) is 12.4. The van der Waals surface area contributed by atoms with Crippen molar-refractivity contribution in [2.45, 2.75) is 52.1 Å². The minimum Gasteiger partial charge on any atom is -0.335 e. The van der Waals surface area contributed by atoms with Gasteiger partial charge in [-0.25, -0.2) is 9.78 Å². The van der Waals surface area contributed by atoms with Gasteiger partial charge in [0.2, 0.25) is 0 Å². The molecule has 5 nitrogen and oxygen atoms in total. The van der Waals surface area contributed by atoms with Crippen LogP contribution in [0.15, 0.2) is 36.5 Å². The summed E-state index contributed by atoms with van der Waals surface area (Å²) in [7, 11) is 0. The molecule has 1 N–H and O–H groups in total. The second-order valence-corrected chi connectivity index (χ2v) is 7.34. The Hall–Kier alpha value is -2.11. The van der Waals surface area contributed by atoms with E-state index in [2.05, 4.69) is 24.1 Å². The summed E-state index contributed by atoms with van der Waals surface area (Å²) >= 11 is 6.10. The van der Waals surface area contributed by atoms with Crippen LogP contribution >= 0.6 is 11.6 Å². The van der Waals surface area contributed by atoms with E-state index in [1.165, 1.54) is 36.0 Å². The van der Waals surface area contributed by atoms with Crippen LogP contribution in [0.1, 0.15) is 50.7 Å². The normalized spacial score (nSPS) is 13.7. The van der Waals surface area contributed by atoms with Gasteiger partial charge in [-0.15, -0.1) is 0 Å².